The number of hydrogen-bond acceptors (Lipinski definition) is 4. The normalized spacial score (nSPS) is 29.4. The average molecular weight is 258 g/mol. The molecule has 0 aliphatic carbocycles. The molecule has 1 rings (SSSR count). The van der Waals surface area contributed by atoms with Crippen molar-refractivity contribution in [3.8, 4) is 0 Å². The summed E-state index contributed by atoms with van der Waals surface area (Å²) in [4.78, 5) is 12.2. The van der Waals surface area contributed by atoms with Crippen molar-refractivity contribution in [1.29, 1.82) is 0 Å². The zero-order valence-electron chi connectivity index (χ0n) is 12.0. The van der Waals surface area contributed by atoms with Crippen LogP contribution in [0, 0.1) is 5.41 Å². The first kappa shape index (κ1) is 15.4. The molecule has 2 unspecified atom stereocenters. The van der Waals surface area contributed by atoms with Crippen LogP contribution in [0.15, 0.2) is 0 Å². The fourth-order valence-electron chi connectivity index (χ4n) is 1.75. The molecule has 4 N–H and O–H groups in total. The smallest absolute Gasteiger partial charge is 0.227 e. The molecular weight excluding hydrogens is 232 g/mol. The maximum Gasteiger partial charge on any atom is 0.227 e. The lowest BCUT2D eigenvalue weighted by molar-refractivity contribution is -0.134. The van der Waals surface area contributed by atoms with Crippen molar-refractivity contribution >= 4 is 5.91 Å². The number of carbonyl (C=O) groups is 1. The molecule has 106 valence electrons. The lowest BCUT2D eigenvalue weighted by Gasteiger charge is -2.38. The second-order valence-corrected chi connectivity index (χ2v) is 6.40. The van der Waals surface area contributed by atoms with Gasteiger partial charge in [0.15, 0.2) is 0 Å². The minimum atomic E-state index is -0.968. The predicted octanol–water partition coefficient (Wildman–Crippen LogP) is 0.406. The van der Waals surface area contributed by atoms with Crippen LogP contribution in [0.4, 0.5) is 0 Å². The van der Waals surface area contributed by atoms with Gasteiger partial charge in [0, 0.05) is 25.1 Å². The van der Waals surface area contributed by atoms with Gasteiger partial charge in [0.25, 0.3) is 0 Å². The minimum Gasteiger partial charge on any atom is -0.385 e. The molecule has 0 radical (unpaired) electrons. The van der Waals surface area contributed by atoms with Crippen molar-refractivity contribution in [2.75, 3.05) is 13.2 Å². The van der Waals surface area contributed by atoms with Gasteiger partial charge in [-0.25, -0.2) is 0 Å². The Bertz CT molecular complexity index is 323. The zero-order chi connectivity index (χ0) is 14.2. The molecule has 0 aromatic heterocycles. The lowest BCUT2D eigenvalue weighted by Crippen LogP contribution is -2.58. The summed E-state index contributed by atoms with van der Waals surface area (Å²) in [6.07, 6.45) is 0.285. The van der Waals surface area contributed by atoms with Gasteiger partial charge in [-0.1, -0.05) is 0 Å². The Morgan fingerprint density at radius 2 is 2.06 bits per heavy atom. The highest BCUT2D eigenvalue weighted by Gasteiger charge is 2.43. The largest absolute Gasteiger partial charge is 0.385 e. The van der Waals surface area contributed by atoms with Crippen molar-refractivity contribution in [2.24, 2.45) is 11.1 Å². The van der Waals surface area contributed by atoms with E-state index in [1.54, 1.807) is 13.8 Å². The highest BCUT2D eigenvalue weighted by Crippen LogP contribution is 2.29. The monoisotopic (exact) mass is 258 g/mol. The Labute approximate surface area is 109 Å². The van der Waals surface area contributed by atoms with Gasteiger partial charge < -0.3 is 20.9 Å². The average Bonchev–Trinajstić information content (AvgIpc) is 2.55. The molecule has 0 spiro atoms. The van der Waals surface area contributed by atoms with Crippen molar-refractivity contribution in [2.45, 2.75) is 58.3 Å². The number of amides is 1. The molecule has 1 heterocycles. The van der Waals surface area contributed by atoms with Crippen molar-refractivity contribution < 1.29 is 14.6 Å². The standard InChI is InChI=1S/C13H26N2O3/c1-9-13(17,6-7-18-9)8-15-10(16)11(2,3)12(4,5)14/h9,17H,6-8,14H2,1-5H3,(H,15,16). The van der Waals surface area contributed by atoms with Gasteiger partial charge in [-0.3, -0.25) is 4.79 Å². The third-order valence-corrected chi connectivity index (χ3v) is 4.39. The first-order valence-corrected chi connectivity index (χ1v) is 6.42. The Morgan fingerprint density at radius 3 is 2.44 bits per heavy atom. The summed E-state index contributed by atoms with van der Waals surface area (Å²) in [5, 5.41) is 13.1. The molecule has 1 aliphatic rings. The summed E-state index contributed by atoms with van der Waals surface area (Å²) in [5.41, 5.74) is 3.71. The minimum absolute atomic E-state index is 0.150. The summed E-state index contributed by atoms with van der Waals surface area (Å²) in [7, 11) is 0. The van der Waals surface area contributed by atoms with Gasteiger partial charge in [0.2, 0.25) is 5.91 Å². The first-order chi connectivity index (χ1) is 8.01. The quantitative estimate of drug-likeness (QED) is 0.681. The van der Waals surface area contributed by atoms with Crippen LogP contribution >= 0.6 is 0 Å². The molecular formula is C13H26N2O3. The number of aliphatic hydroxyl groups is 1. The van der Waals surface area contributed by atoms with Crippen LogP contribution in [0.25, 0.3) is 0 Å². The highest BCUT2D eigenvalue weighted by molar-refractivity contribution is 5.83. The molecule has 5 nitrogen and oxygen atoms in total. The molecule has 18 heavy (non-hydrogen) atoms. The molecule has 5 heteroatoms. The number of nitrogens with one attached hydrogen (secondary N) is 1. The van der Waals surface area contributed by atoms with Crippen molar-refractivity contribution in [3.63, 3.8) is 0 Å². The van der Waals surface area contributed by atoms with Crippen LogP contribution in [0.2, 0.25) is 0 Å². The SMILES string of the molecule is CC1OCCC1(O)CNC(=O)C(C)(C)C(C)(C)N. The number of rotatable bonds is 4. The molecule has 2 atom stereocenters. The Kier molecular flexibility index (Phi) is 4.10. The van der Waals surface area contributed by atoms with Crippen LogP contribution in [0.5, 0.6) is 0 Å². The molecule has 0 bridgehead atoms. The summed E-state index contributed by atoms with van der Waals surface area (Å²) < 4.78 is 5.33. The van der Waals surface area contributed by atoms with Gasteiger partial charge in [-0.15, -0.1) is 0 Å². The van der Waals surface area contributed by atoms with E-state index in [2.05, 4.69) is 5.32 Å². The second kappa shape index (κ2) is 4.79. The Morgan fingerprint density at radius 1 is 1.50 bits per heavy atom. The van der Waals surface area contributed by atoms with E-state index >= 15 is 0 Å². The van der Waals surface area contributed by atoms with E-state index in [1.807, 2.05) is 20.8 Å². The van der Waals surface area contributed by atoms with Crippen LogP contribution in [0.1, 0.15) is 41.0 Å². The molecule has 0 aromatic rings. The number of ether oxygens (including phenoxy) is 1. The van der Waals surface area contributed by atoms with Crippen LogP contribution in [-0.4, -0.2) is 41.4 Å². The second-order valence-electron chi connectivity index (χ2n) is 6.40. The molecule has 1 amide bonds. The fourth-order valence-corrected chi connectivity index (χ4v) is 1.75. The fraction of sp³-hybridized carbons (Fsp3) is 0.923. The first-order valence-electron chi connectivity index (χ1n) is 6.42. The van der Waals surface area contributed by atoms with Crippen LogP contribution in [0.3, 0.4) is 0 Å². The van der Waals surface area contributed by atoms with Crippen molar-refractivity contribution in [1.82, 2.24) is 5.32 Å². The molecule has 0 saturated carbocycles. The predicted molar refractivity (Wildman–Crippen MR) is 70.0 cm³/mol. The zero-order valence-corrected chi connectivity index (χ0v) is 12.0. The van der Waals surface area contributed by atoms with E-state index < -0.39 is 16.6 Å². The maximum absolute atomic E-state index is 12.2. The van der Waals surface area contributed by atoms with E-state index in [0.717, 1.165) is 0 Å². The van der Waals surface area contributed by atoms with Crippen molar-refractivity contribution in [3.05, 3.63) is 0 Å². The van der Waals surface area contributed by atoms with E-state index in [0.29, 0.717) is 13.0 Å². The van der Waals surface area contributed by atoms with Gasteiger partial charge in [-0.05, 0) is 34.6 Å². The number of hydrogen-bond donors (Lipinski definition) is 3. The Hall–Kier alpha value is -0.650. The van der Waals surface area contributed by atoms with Crippen LogP contribution in [-0.2, 0) is 9.53 Å². The summed E-state index contributed by atoms with van der Waals surface area (Å²) in [5.74, 6) is -0.150. The molecule has 1 fully saturated rings. The van der Waals surface area contributed by atoms with Gasteiger partial charge in [0.1, 0.15) is 5.60 Å². The van der Waals surface area contributed by atoms with E-state index in [-0.39, 0.29) is 18.6 Å². The highest BCUT2D eigenvalue weighted by atomic mass is 16.5. The van der Waals surface area contributed by atoms with Gasteiger partial charge in [0.05, 0.1) is 11.5 Å². The van der Waals surface area contributed by atoms with Gasteiger partial charge >= 0.3 is 0 Å². The Balaban J connectivity index is 2.62. The maximum atomic E-state index is 12.2. The lowest BCUT2D eigenvalue weighted by atomic mass is 9.74. The third-order valence-electron chi connectivity index (χ3n) is 4.39. The van der Waals surface area contributed by atoms with E-state index in [9.17, 15) is 9.90 Å². The summed E-state index contributed by atoms with van der Waals surface area (Å²) in [6.45, 7) is 9.80. The van der Waals surface area contributed by atoms with Crippen LogP contribution < -0.4 is 11.1 Å². The topological polar surface area (TPSA) is 84.6 Å². The van der Waals surface area contributed by atoms with E-state index in [1.165, 1.54) is 0 Å². The van der Waals surface area contributed by atoms with Gasteiger partial charge in [-0.2, -0.15) is 0 Å². The number of nitrogens with two attached hydrogens (primary N) is 1. The summed E-state index contributed by atoms with van der Waals surface area (Å²) >= 11 is 0. The molecule has 0 aromatic carbocycles. The molecule has 1 saturated heterocycles. The third kappa shape index (κ3) is 2.84. The van der Waals surface area contributed by atoms with E-state index in [4.69, 9.17) is 10.5 Å². The summed E-state index contributed by atoms with van der Waals surface area (Å²) in [6, 6.07) is 0. The molecule has 1 aliphatic heterocycles. The number of carbonyl (C=O) groups excluding carboxylic acids is 1.